The summed E-state index contributed by atoms with van der Waals surface area (Å²) in [6.45, 7) is 1.89. The number of ether oxygens (including phenoxy) is 1. The number of hydrogen-bond acceptors (Lipinski definition) is 8. The second kappa shape index (κ2) is 10.9. The number of benzene rings is 1. The molecule has 5 rings (SSSR count). The van der Waals surface area contributed by atoms with E-state index >= 15 is 0 Å². The fourth-order valence-electron chi connectivity index (χ4n) is 4.91. The van der Waals surface area contributed by atoms with Crippen LogP contribution in [0.4, 0.5) is 0 Å². The van der Waals surface area contributed by atoms with E-state index in [0.29, 0.717) is 42.5 Å². The predicted octanol–water partition coefficient (Wildman–Crippen LogP) is 0.181. The molecule has 1 aromatic carbocycles. The van der Waals surface area contributed by atoms with Gasteiger partial charge in [-0.1, -0.05) is 29.5 Å². The first kappa shape index (κ1) is 28.1. The molecule has 1 aliphatic heterocycles. The van der Waals surface area contributed by atoms with Crippen molar-refractivity contribution >= 4 is 38.5 Å². The van der Waals surface area contributed by atoms with Crippen LogP contribution in [0.3, 0.4) is 0 Å². The van der Waals surface area contributed by atoms with Gasteiger partial charge in [-0.15, -0.1) is 0 Å². The lowest BCUT2D eigenvalue weighted by molar-refractivity contribution is -0.125. The Morgan fingerprint density at radius 3 is 2.55 bits per heavy atom. The number of aromatic nitrogens is 4. The first-order valence-electron chi connectivity index (χ1n) is 12.8. The minimum absolute atomic E-state index is 0.00638. The molecule has 2 fully saturated rings. The molecule has 2 N–H and O–H groups in total. The van der Waals surface area contributed by atoms with Gasteiger partial charge in [-0.05, 0) is 36.5 Å². The zero-order valence-corrected chi connectivity index (χ0v) is 23.7. The van der Waals surface area contributed by atoms with Crippen molar-refractivity contribution in [3.8, 4) is 11.8 Å². The van der Waals surface area contributed by atoms with Crippen molar-refractivity contribution in [2.45, 2.75) is 30.6 Å². The number of carbonyl (C=O) groups is 1. The van der Waals surface area contributed by atoms with Gasteiger partial charge >= 0.3 is 5.69 Å². The van der Waals surface area contributed by atoms with Crippen LogP contribution in [-0.4, -0.2) is 70.0 Å². The van der Waals surface area contributed by atoms with Gasteiger partial charge < -0.3 is 15.0 Å². The fourth-order valence-corrected chi connectivity index (χ4v) is 6.91. The Hall–Kier alpha value is -3.44. The SMILES string of the molecule is Cn1c(=O)c2c(nc(S(=O)(=O)CC3CC3)n2C)n(CC#Cc2cc(C(C(N)=O)N3CCOCC3)ccc2Cl)c1=O. The molecule has 0 bridgehead atoms. The predicted molar refractivity (Wildman–Crippen MR) is 148 cm³/mol. The number of carbonyl (C=O) groups excluding carboxylic acids is 1. The van der Waals surface area contributed by atoms with Crippen molar-refractivity contribution in [1.29, 1.82) is 0 Å². The topological polar surface area (TPSA) is 152 Å². The summed E-state index contributed by atoms with van der Waals surface area (Å²) in [6, 6.07) is 4.35. The first-order chi connectivity index (χ1) is 19.0. The number of rotatable bonds is 7. The van der Waals surface area contributed by atoms with Crippen molar-refractivity contribution < 1.29 is 17.9 Å². The molecule has 1 amide bonds. The summed E-state index contributed by atoms with van der Waals surface area (Å²) in [5.41, 5.74) is 5.37. The van der Waals surface area contributed by atoms with Crippen LogP contribution in [0.25, 0.3) is 11.2 Å². The number of fused-ring (bicyclic) bond motifs is 1. The summed E-state index contributed by atoms with van der Waals surface area (Å²) in [4.78, 5) is 44.5. The highest BCUT2D eigenvalue weighted by Crippen LogP contribution is 2.32. The summed E-state index contributed by atoms with van der Waals surface area (Å²) >= 11 is 6.39. The molecule has 212 valence electrons. The molecule has 1 saturated heterocycles. The molecule has 1 unspecified atom stereocenters. The van der Waals surface area contributed by atoms with Crippen molar-refractivity contribution in [3.63, 3.8) is 0 Å². The Bertz CT molecular complexity index is 1790. The molecule has 3 heterocycles. The van der Waals surface area contributed by atoms with E-state index < -0.39 is 33.0 Å². The average molecular weight is 589 g/mol. The number of morpholine rings is 1. The van der Waals surface area contributed by atoms with E-state index in [9.17, 15) is 22.8 Å². The summed E-state index contributed by atoms with van der Waals surface area (Å²) < 4.78 is 34.6. The zero-order valence-electron chi connectivity index (χ0n) is 22.1. The molecule has 12 nitrogen and oxygen atoms in total. The molecule has 3 aromatic rings. The second-order valence-corrected chi connectivity index (χ2v) is 12.4. The van der Waals surface area contributed by atoms with E-state index in [0.717, 1.165) is 22.0 Å². The van der Waals surface area contributed by atoms with Crippen molar-refractivity contribution in [2.24, 2.45) is 25.7 Å². The number of aryl methyl sites for hydroxylation is 1. The third-order valence-corrected chi connectivity index (χ3v) is 9.35. The van der Waals surface area contributed by atoms with Gasteiger partial charge in [0, 0.05) is 32.7 Å². The number of amides is 1. The Labute approximate surface area is 235 Å². The maximum atomic E-state index is 13.0. The molecule has 40 heavy (non-hydrogen) atoms. The maximum Gasteiger partial charge on any atom is 0.333 e. The van der Waals surface area contributed by atoms with E-state index in [1.807, 2.05) is 4.90 Å². The van der Waals surface area contributed by atoms with Crippen LogP contribution >= 0.6 is 11.6 Å². The highest BCUT2D eigenvalue weighted by Gasteiger charge is 2.33. The minimum Gasteiger partial charge on any atom is -0.379 e. The smallest absolute Gasteiger partial charge is 0.333 e. The fraction of sp³-hybridized carbons (Fsp3) is 0.462. The largest absolute Gasteiger partial charge is 0.379 e. The highest BCUT2D eigenvalue weighted by molar-refractivity contribution is 7.91. The molecule has 14 heteroatoms. The van der Waals surface area contributed by atoms with Crippen LogP contribution in [0, 0.1) is 17.8 Å². The lowest BCUT2D eigenvalue weighted by Crippen LogP contribution is -2.44. The lowest BCUT2D eigenvalue weighted by atomic mass is 10.0. The summed E-state index contributed by atoms with van der Waals surface area (Å²) in [5, 5.41) is 0.0841. The number of nitrogens with zero attached hydrogens (tertiary/aromatic N) is 5. The monoisotopic (exact) mass is 588 g/mol. The standard InChI is InChI=1S/C26H29ClN6O6S/c1-30-21-23(29-25(30)40(37,38)15-16-5-6-16)33(26(36)31(2)24(21)35)9-3-4-17-14-18(7-8-19(17)27)20(22(28)34)32-10-12-39-13-11-32/h7-8,14,16,20H,5-6,9-13,15H2,1-2H3,(H2,28,34). The van der Waals surface area contributed by atoms with E-state index in [4.69, 9.17) is 22.1 Å². The van der Waals surface area contributed by atoms with Gasteiger partial charge in [0.15, 0.2) is 11.2 Å². The van der Waals surface area contributed by atoms with Gasteiger partial charge in [-0.3, -0.25) is 23.6 Å². The number of hydrogen-bond donors (Lipinski definition) is 1. The minimum atomic E-state index is -3.76. The van der Waals surface area contributed by atoms with Crippen LogP contribution in [0.1, 0.15) is 30.0 Å². The third-order valence-electron chi connectivity index (χ3n) is 7.19. The third kappa shape index (κ3) is 5.32. The summed E-state index contributed by atoms with van der Waals surface area (Å²) in [6.07, 6.45) is 1.67. The Morgan fingerprint density at radius 1 is 1.20 bits per heavy atom. The van der Waals surface area contributed by atoms with Gasteiger partial charge in [0.2, 0.25) is 20.9 Å². The van der Waals surface area contributed by atoms with Crippen LogP contribution in [0.5, 0.6) is 0 Å². The maximum absolute atomic E-state index is 13.0. The number of imidazole rings is 1. The molecular formula is C26H29ClN6O6S. The number of halogens is 1. The normalized spacial score (nSPS) is 17.0. The summed E-state index contributed by atoms with van der Waals surface area (Å²) in [7, 11) is -0.997. The number of sulfone groups is 1. The van der Waals surface area contributed by atoms with E-state index in [-0.39, 0.29) is 34.5 Å². The van der Waals surface area contributed by atoms with Crippen LogP contribution in [-0.2, 0) is 40.0 Å². The van der Waals surface area contributed by atoms with Crippen LogP contribution in [0.15, 0.2) is 32.9 Å². The summed E-state index contributed by atoms with van der Waals surface area (Å²) in [5.74, 6) is 5.34. The second-order valence-electron chi connectivity index (χ2n) is 10.1. The molecule has 2 aromatic heterocycles. The number of nitrogens with two attached hydrogens (primary N) is 1. The van der Waals surface area contributed by atoms with Gasteiger partial charge in [-0.2, -0.15) is 4.98 Å². The van der Waals surface area contributed by atoms with E-state index in [2.05, 4.69) is 16.8 Å². The van der Waals surface area contributed by atoms with Crippen molar-refractivity contribution in [2.75, 3.05) is 32.1 Å². The average Bonchev–Trinajstić information content (AvgIpc) is 3.65. The van der Waals surface area contributed by atoms with Crippen LogP contribution in [0.2, 0.25) is 5.02 Å². The van der Waals surface area contributed by atoms with Gasteiger partial charge in [-0.25, -0.2) is 13.2 Å². The molecule has 1 saturated carbocycles. The van der Waals surface area contributed by atoms with Gasteiger partial charge in [0.25, 0.3) is 5.56 Å². The molecular weight excluding hydrogens is 560 g/mol. The first-order valence-corrected chi connectivity index (χ1v) is 14.8. The van der Waals surface area contributed by atoms with E-state index in [1.165, 1.54) is 18.7 Å². The highest BCUT2D eigenvalue weighted by atomic mass is 35.5. The zero-order chi connectivity index (χ0) is 28.8. The van der Waals surface area contributed by atoms with Crippen molar-refractivity contribution in [1.82, 2.24) is 23.6 Å². The molecule has 0 spiro atoms. The quantitative estimate of drug-likeness (QED) is 0.384. The lowest BCUT2D eigenvalue weighted by Gasteiger charge is -2.32. The van der Waals surface area contributed by atoms with E-state index in [1.54, 1.807) is 18.2 Å². The Kier molecular flexibility index (Phi) is 7.62. The molecule has 2 aliphatic rings. The Morgan fingerprint density at radius 2 is 1.90 bits per heavy atom. The molecule has 0 radical (unpaired) electrons. The molecule has 1 aliphatic carbocycles. The Balaban J connectivity index is 1.52. The van der Waals surface area contributed by atoms with Gasteiger partial charge in [0.05, 0.1) is 30.5 Å². The number of primary amides is 1. The molecule has 1 atom stereocenters. The van der Waals surface area contributed by atoms with Gasteiger partial charge in [0.1, 0.15) is 6.04 Å². The van der Waals surface area contributed by atoms with Crippen molar-refractivity contribution in [3.05, 3.63) is 55.2 Å². The van der Waals surface area contributed by atoms with Crippen LogP contribution < -0.4 is 17.0 Å².